The van der Waals surface area contributed by atoms with Crippen molar-refractivity contribution < 1.29 is 9.13 Å². The summed E-state index contributed by atoms with van der Waals surface area (Å²) >= 11 is 5.65. The highest BCUT2D eigenvalue weighted by Gasteiger charge is 2.08. The molecule has 0 saturated carbocycles. The zero-order valence-corrected chi connectivity index (χ0v) is 12.4. The smallest absolute Gasteiger partial charge is 0.165 e. The Morgan fingerprint density at radius 3 is 2.85 bits per heavy atom. The molecule has 0 bridgehead atoms. The third-order valence-electron chi connectivity index (χ3n) is 3.23. The third kappa shape index (κ3) is 3.51. The van der Waals surface area contributed by atoms with E-state index in [2.05, 4.69) is 18.9 Å². The first-order valence-corrected chi connectivity index (χ1v) is 7.18. The van der Waals surface area contributed by atoms with Gasteiger partial charge in [-0.1, -0.05) is 13.0 Å². The van der Waals surface area contributed by atoms with Crippen molar-refractivity contribution in [3.05, 3.63) is 47.5 Å². The first kappa shape index (κ1) is 14.9. The Bertz CT molecular complexity index is 571. The summed E-state index contributed by atoms with van der Waals surface area (Å²) in [6.45, 7) is 4.46. The maximum Gasteiger partial charge on any atom is 0.165 e. The molecule has 0 aliphatic heterocycles. The van der Waals surface area contributed by atoms with E-state index in [9.17, 15) is 4.39 Å². The summed E-state index contributed by atoms with van der Waals surface area (Å²) in [6.07, 6.45) is 2.93. The summed E-state index contributed by atoms with van der Waals surface area (Å²) in [5.74, 6) is 0.109. The molecule has 1 heterocycles. The highest BCUT2D eigenvalue weighted by molar-refractivity contribution is 6.17. The Labute approximate surface area is 123 Å². The van der Waals surface area contributed by atoms with Crippen molar-refractivity contribution in [1.82, 2.24) is 9.78 Å². The van der Waals surface area contributed by atoms with Gasteiger partial charge in [-0.05, 0) is 37.1 Å². The quantitative estimate of drug-likeness (QED) is 0.743. The van der Waals surface area contributed by atoms with Crippen LogP contribution in [0.5, 0.6) is 5.75 Å². The monoisotopic (exact) mass is 296 g/mol. The van der Waals surface area contributed by atoms with Crippen LogP contribution in [0.15, 0.2) is 30.5 Å². The van der Waals surface area contributed by atoms with E-state index in [0.29, 0.717) is 6.04 Å². The largest absolute Gasteiger partial charge is 0.484 e. The zero-order valence-electron chi connectivity index (χ0n) is 11.6. The summed E-state index contributed by atoms with van der Waals surface area (Å²) in [6, 6.07) is 6.97. The molecule has 0 radical (unpaired) electrons. The minimum Gasteiger partial charge on any atom is -0.484 e. The molecule has 2 rings (SSSR count). The van der Waals surface area contributed by atoms with Crippen LogP contribution in [-0.2, 0) is 12.5 Å². The van der Waals surface area contributed by atoms with Crippen molar-refractivity contribution >= 4 is 11.6 Å². The van der Waals surface area contributed by atoms with Crippen LogP contribution in [0, 0.1) is 5.82 Å². The maximum atomic E-state index is 13.7. The normalized spacial score (nSPS) is 12.4. The van der Waals surface area contributed by atoms with Crippen LogP contribution >= 0.6 is 11.6 Å². The highest BCUT2D eigenvalue weighted by atomic mass is 35.5. The standard InChI is InChI=1S/C15H18ClFN2O/c1-3-11(2)19-7-6-13(18-19)10-20-15-5-4-12(9-16)8-14(15)17/h4-8,11H,3,9-10H2,1-2H3. The van der Waals surface area contributed by atoms with Gasteiger partial charge in [0.2, 0.25) is 0 Å². The van der Waals surface area contributed by atoms with E-state index in [1.807, 2.05) is 16.9 Å². The lowest BCUT2D eigenvalue weighted by Crippen LogP contribution is -2.06. The second-order valence-electron chi connectivity index (χ2n) is 4.73. The molecule has 0 aliphatic carbocycles. The lowest BCUT2D eigenvalue weighted by Gasteiger charge is -2.09. The van der Waals surface area contributed by atoms with Gasteiger partial charge in [0, 0.05) is 18.1 Å². The fraction of sp³-hybridized carbons (Fsp3) is 0.400. The van der Waals surface area contributed by atoms with Crippen LogP contribution < -0.4 is 4.74 Å². The molecule has 5 heteroatoms. The molecule has 0 fully saturated rings. The summed E-state index contributed by atoms with van der Waals surface area (Å²) < 4.78 is 21.1. The van der Waals surface area contributed by atoms with Crippen LogP contribution in [0.4, 0.5) is 4.39 Å². The van der Waals surface area contributed by atoms with E-state index >= 15 is 0 Å². The first-order chi connectivity index (χ1) is 9.63. The highest BCUT2D eigenvalue weighted by Crippen LogP contribution is 2.20. The fourth-order valence-corrected chi connectivity index (χ4v) is 1.95. The number of nitrogens with zero attached hydrogens (tertiary/aromatic N) is 2. The summed E-state index contributed by atoms with van der Waals surface area (Å²) in [7, 11) is 0. The van der Waals surface area contributed by atoms with Gasteiger partial charge in [-0.2, -0.15) is 5.10 Å². The van der Waals surface area contributed by atoms with E-state index < -0.39 is 5.82 Å². The molecule has 0 N–H and O–H groups in total. The number of aromatic nitrogens is 2. The fourth-order valence-electron chi connectivity index (χ4n) is 1.78. The molecule has 0 aliphatic rings. The number of hydrogen-bond donors (Lipinski definition) is 0. The van der Waals surface area contributed by atoms with Crippen LogP contribution in [0.1, 0.15) is 37.6 Å². The van der Waals surface area contributed by atoms with Gasteiger partial charge < -0.3 is 4.74 Å². The van der Waals surface area contributed by atoms with Crippen molar-refractivity contribution in [2.45, 2.75) is 38.8 Å². The topological polar surface area (TPSA) is 27.1 Å². The molecule has 20 heavy (non-hydrogen) atoms. The SMILES string of the molecule is CCC(C)n1ccc(COc2ccc(CCl)cc2F)n1. The second-order valence-corrected chi connectivity index (χ2v) is 5.00. The molecular weight excluding hydrogens is 279 g/mol. The molecule has 108 valence electrons. The molecule has 1 aromatic carbocycles. The minimum atomic E-state index is -0.399. The Hall–Kier alpha value is -1.55. The van der Waals surface area contributed by atoms with Gasteiger partial charge in [0.05, 0.1) is 5.69 Å². The first-order valence-electron chi connectivity index (χ1n) is 6.65. The van der Waals surface area contributed by atoms with E-state index in [0.717, 1.165) is 17.7 Å². The number of hydrogen-bond acceptors (Lipinski definition) is 2. The molecule has 1 atom stereocenters. The Morgan fingerprint density at radius 2 is 2.20 bits per heavy atom. The number of ether oxygens (including phenoxy) is 1. The average Bonchev–Trinajstić information content (AvgIpc) is 2.94. The van der Waals surface area contributed by atoms with Gasteiger partial charge in [-0.15, -0.1) is 11.6 Å². The van der Waals surface area contributed by atoms with Gasteiger partial charge in [0.25, 0.3) is 0 Å². The van der Waals surface area contributed by atoms with Crippen molar-refractivity contribution in [2.24, 2.45) is 0 Å². The molecule has 0 amide bonds. The molecule has 1 aromatic heterocycles. The molecular formula is C15H18ClFN2O. The van der Waals surface area contributed by atoms with Crippen LogP contribution in [0.25, 0.3) is 0 Å². The molecule has 3 nitrogen and oxygen atoms in total. The Morgan fingerprint density at radius 1 is 1.40 bits per heavy atom. The van der Waals surface area contributed by atoms with Crippen molar-refractivity contribution in [2.75, 3.05) is 0 Å². The maximum absolute atomic E-state index is 13.7. The number of halogens is 2. The van der Waals surface area contributed by atoms with Gasteiger partial charge in [-0.25, -0.2) is 4.39 Å². The molecule has 2 aromatic rings. The van der Waals surface area contributed by atoms with E-state index in [4.69, 9.17) is 16.3 Å². The predicted octanol–water partition coefficient (Wildman–Crippen LogP) is 4.31. The number of rotatable bonds is 6. The van der Waals surface area contributed by atoms with Gasteiger partial charge in [0.1, 0.15) is 6.61 Å². The van der Waals surface area contributed by atoms with Gasteiger partial charge >= 0.3 is 0 Å². The van der Waals surface area contributed by atoms with Gasteiger partial charge in [-0.3, -0.25) is 4.68 Å². The van der Waals surface area contributed by atoms with Crippen LogP contribution in [0.2, 0.25) is 0 Å². The van der Waals surface area contributed by atoms with Crippen LogP contribution in [0.3, 0.4) is 0 Å². The summed E-state index contributed by atoms with van der Waals surface area (Å²) in [4.78, 5) is 0. The number of alkyl halides is 1. The van der Waals surface area contributed by atoms with E-state index in [1.54, 1.807) is 12.1 Å². The third-order valence-corrected chi connectivity index (χ3v) is 3.54. The minimum absolute atomic E-state index is 0.219. The Kier molecular flexibility index (Phi) is 5.01. The average molecular weight is 297 g/mol. The van der Waals surface area contributed by atoms with Crippen LogP contribution in [-0.4, -0.2) is 9.78 Å². The number of benzene rings is 1. The van der Waals surface area contributed by atoms with Gasteiger partial charge in [0.15, 0.2) is 11.6 Å². The lowest BCUT2D eigenvalue weighted by atomic mass is 10.2. The zero-order chi connectivity index (χ0) is 14.5. The summed E-state index contributed by atoms with van der Waals surface area (Å²) in [5, 5.41) is 4.41. The lowest BCUT2D eigenvalue weighted by molar-refractivity contribution is 0.283. The Balaban J connectivity index is 2.00. The van der Waals surface area contributed by atoms with E-state index in [1.165, 1.54) is 6.07 Å². The predicted molar refractivity (Wildman–Crippen MR) is 77.5 cm³/mol. The molecule has 0 saturated heterocycles. The van der Waals surface area contributed by atoms with Crippen molar-refractivity contribution in [3.8, 4) is 5.75 Å². The molecule has 1 unspecified atom stereocenters. The summed E-state index contributed by atoms with van der Waals surface area (Å²) in [5.41, 5.74) is 1.52. The van der Waals surface area contributed by atoms with Crippen molar-refractivity contribution in [3.63, 3.8) is 0 Å². The molecule has 0 spiro atoms. The van der Waals surface area contributed by atoms with Crippen molar-refractivity contribution in [1.29, 1.82) is 0 Å². The second kappa shape index (κ2) is 6.75. The van der Waals surface area contributed by atoms with E-state index in [-0.39, 0.29) is 18.2 Å².